The van der Waals surface area contributed by atoms with Crippen LogP contribution in [0, 0.1) is 0 Å². The van der Waals surface area contributed by atoms with Gasteiger partial charge in [-0.05, 0) is 41.5 Å². The Labute approximate surface area is 191 Å². The topological polar surface area (TPSA) is 63.1 Å². The van der Waals surface area contributed by atoms with E-state index in [1.54, 1.807) is 0 Å². The summed E-state index contributed by atoms with van der Waals surface area (Å²) in [5.74, 6) is -0.485. The van der Waals surface area contributed by atoms with E-state index in [4.69, 9.17) is 0 Å². The lowest BCUT2D eigenvalue weighted by Gasteiger charge is -2.11. The summed E-state index contributed by atoms with van der Waals surface area (Å²) in [7, 11) is 0. The van der Waals surface area contributed by atoms with Gasteiger partial charge >= 0.3 is 5.97 Å². The molecule has 0 spiro atoms. The van der Waals surface area contributed by atoms with E-state index in [1.165, 1.54) is 44.1 Å². The molecule has 4 nitrogen and oxygen atoms in total. The first-order valence-electron chi connectivity index (χ1n) is 11.9. The van der Waals surface area contributed by atoms with Crippen molar-refractivity contribution in [2.75, 3.05) is 0 Å². The second-order valence-electron chi connectivity index (χ2n) is 8.43. The zero-order chi connectivity index (χ0) is 22.8. The van der Waals surface area contributed by atoms with Crippen molar-refractivity contribution in [1.82, 2.24) is 9.97 Å². The summed E-state index contributed by atoms with van der Waals surface area (Å²) in [6.45, 7) is 4.14. The van der Waals surface area contributed by atoms with Crippen molar-refractivity contribution in [3.8, 4) is 22.5 Å². The van der Waals surface area contributed by atoms with Crippen molar-refractivity contribution >= 4 is 5.97 Å². The van der Waals surface area contributed by atoms with E-state index in [-0.39, 0.29) is 0 Å². The summed E-state index contributed by atoms with van der Waals surface area (Å²) < 4.78 is 0. The number of carboxylic acids is 1. The number of carbonyl (C=O) groups is 1. The second kappa shape index (κ2) is 12.1. The van der Waals surface area contributed by atoms with Gasteiger partial charge in [-0.2, -0.15) is 0 Å². The van der Waals surface area contributed by atoms with Gasteiger partial charge in [-0.1, -0.05) is 94.5 Å². The number of hydrogen-bond donors (Lipinski definition) is 1. The molecule has 0 saturated heterocycles. The summed E-state index contributed by atoms with van der Waals surface area (Å²) in [4.78, 5) is 20.5. The Morgan fingerprint density at radius 1 is 0.781 bits per heavy atom. The van der Waals surface area contributed by atoms with Crippen LogP contribution in [0.15, 0.2) is 60.9 Å². The fraction of sp³-hybridized carbons (Fsp3) is 0.393. The van der Waals surface area contributed by atoms with Crippen LogP contribution in [0.4, 0.5) is 0 Å². The highest BCUT2D eigenvalue weighted by Gasteiger charge is 2.17. The second-order valence-corrected chi connectivity index (χ2v) is 8.43. The fourth-order valence-electron chi connectivity index (χ4n) is 4.01. The Bertz CT molecular complexity index is 964. The Balaban J connectivity index is 1.59. The van der Waals surface area contributed by atoms with Crippen molar-refractivity contribution in [2.24, 2.45) is 0 Å². The molecule has 0 fully saturated rings. The third kappa shape index (κ3) is 6.49. The molecule has 0 aliphatic rings. The smallest absolute Gasteiger partial charge is 0.310 e. The van der Waals surface area contributed by atoms with Crippen LogP contribution < -0.4 is 0 Å². The van der Waals surface area contributed by atoms with Gasteiger partial charge in [-0.25, -0.2) is 9.97 Å². The van der Waals surface area contributed by atoms with Crippen molar-refractivity contribution in [3.63, 3.8) is 0 Å². The van der Waals surface area contributed by atoms with E-state index in [9.17, 15) is 9.90 Å². The number of rotatable bonds is 12. The molecule has 0 saturated carbocycles. The summed E-state index contributed by atoms with van der Waals surface area (Å²) >= 11 is 0. The van der Waals surface area contributed by atoms with Gasteiger partial charge in [0.1, 0.15) is 0 Å². The fourth-order valence-corrected chi connectivity index (χ4v) is 4.01. The number of aryl methyl sites for hydroxylation is 1. The molecule has 3 rings (SSSR count). The minimum Gasteiger partial charge on any atom is -0.481 e. The van der Waals surface area contributed by atoms with Crippen molar-refractivity contribution in [1.29, 1.82) is 0 Å². The van der Waals surface area contributed by atoms with Gasteiger partial charge in [0.2, 0.25) is 0 Å². The van der Waals surface area contributed by atoms with Gasteiger partial charge in [0.25, 0.3) is 0 Å². The maximum atomic E-state index is 11.4. The zero-order valence-corrected chi connectivity index (χ0v) is 19.3. The highest BCUT2D eigenvalue weighted by atomic mass is 16.4. The first kappa shape index (κ1) is 23.6. The maximum absolute atomic E-state index is 11.4. The lowest BCUT2D eigenvalue weighted by Crippen LogP contribution is -2.10. The molecule has 2 aromatic carbocycles. The number of benzene rings is 2. The highest BCUT2D eigenvalue weighted by molar-refractivity contribution is 5.76. The van der Waals surface area contributed by atoms with Crippen molar-refractivity contribution in [2.45, 2.75) is 71.1 Å². The molecule has 32 heavy (non-hydrogen) atoms. The largest absolute Gasteiger partial charge is 0.481 e. The Morgan fingerprint density at radius 3 is 1.88 bits per heavy atom. The van der Waals surface area contributed by atoms with Gasteiger partial charge in [-0.15, -0.1) is 0 Å². The van der Waals surface area contributed by atoms with Crippen LogP contribution in [-0.2, 0) is 11.2 Å². The number of aliphatic carboxylic acids is 1. The van der Waals surface area contributed by atoms with Crippen LogP contribution in [0.25, 0.3) is 22.5 Å². The van der Waals surface area contributed by atoms with E-state index in [0.717, 1.165) is 34.5 Å². The van der Waals surface area contributed by atoms with Gasteiger partial charge in [0.15, 0.2) is 5.82 Å². The SMILES string of the molecule is CCCCCCCCc1cnc(-c2ccc(-c3ccc(C(CC)C(=O)O)cc3)cc2)nc1. The Hall–Kier alpha value is -3.01. The molecule has 4 heteroatoms. The number of nitrogens with zero attached hydrogens (tertiary/aromatic N) is 2. The molecule has 1 unspecified atom stereocenters. The molecule has 1 aromatic heterocycles. The average molecular weight is 431 g/mol. The lowest BCUT2D eigenvalue weighted by molar-refractivity contribution is -0.138. The summed E-state index contributed by atoms with van der Waals surface area (Å²) in [6, 6.07) is 16.0. The van der Waals surface area contributed by atoms with Crippen molar-refractivity contribution in [3.05, 3.63) is 72.1 Å². The molecule has 1 N–H and O–H groups in total. The van der Waals surface area contributed by atoms with E-state index in [2.05, 4.69) is 29.0 Å². The quantitative estimate of drug-likeness (QED) is 0.306. The highest BCUT2D eigenvalue weighted by Crippen LogP contribution is 2.26. The van der Waals surface area contributed by atoms with Gasteiger partial charge in [0, 0.05) is 18.0 Å². The van der Waals surface area contributed by atoms with Gasteiger partial charge in [-0.3, -0.25) is 4.79 Å². The first-order chi connectivity index (χ1) is 15.6. The van der Waals surface area contributed by atoms with Crippen LogP contribution in [0.5, 0.6) is 0 Å². The third-order valence-electron chi connectivity index (χ3n) is 6.02. The number of carboxylic acid groups (broad SMARTS) is 1. The maximum Gasteiger partial charge on any atom is 0.310 e. The standard InChI is InChI=1S/C28H34N2O2/c1-3-5-6-7-8-9-10-21-19-29-27(30-20-21)25-17-13-23(14-18-25)22-11-15-24(16-12-22)26(4-2)28(31)32/h11-20,26H,3-10H2,1-2H3,(H,31,32). The monoisotopic (exact) mass is 430 g/mol. The van der Waals surface area contributed by atoms with Gasteiger partial charge in [0.05, 0.1) is 5.92 Å². The molecule has 0 aliphatic heterocycles. The number of hydrogen-bond acceptors (Lipinski definition) is 3. The molecule has 0 radical (unpaired) electrons. The normalized spacial score (nSPS) is 11.9. The first-order valence-corrected chi connectivity index (χ1v) is 11.9. The van der Waals surface area contributed by atoms with Crippen LogP contribution in [0.2, 0.25) is 0 Å². The molecule has 0 aliphatic carbocycles. The zero-order valence-electron chi connectivity index (χ0n) is 19.3. The molecule has 1 atom stereocenters. The molecular weight excluding hydrogens is 396 g/mol. The Kier molecular flexibility index (Phi) is 8.97. The molecule has 3 aromatic rings. The number of aromatic nitrogens is 2. The molecular formula is C28H34N2O2. The van der Waals surface area contributed by atoms with E-state index in [0.29, 0.717) is 6.42 Å². The number of unbranched alkanes of at least 4 members (excludes halogenated alkanes) is 5. The average Bonchev–Trinajstić information content (AvgIpc) is 2.82. The molecule has 0 bridgehead atoms. The van der Waals surface area contributed by atoms with E-state index in [1.807, 2.05) is 55.7 Å². The van der Waals surface area contributed by atoms with Crippen LogP contribution in [-0.4, -0.2) is 21.0 Å². The van der Waals surface area contributed by atoms with Crippen LogP contribution >= 0.6 is 0 Å². The Morgan fingerprint density at radius 2 is 1.31 bits per heavy atom. The van der Waals surface area contributed by atoms with Crippen molar-refractivity contribution < 1.29 is 9.90 Å². The van der Waals surface area contributed by atoms with Crippen LogP contribution in [0.3, 0.4) is 0 Å². The predicted octanol–water partition coefficient (Wildman–Crippen LogP) is 7.29. The summed E-state index contributed by atoms with van der Waals surface area (Å²) in [5.41, 5.74) is 5.19. The molecule has 168 valence electrons. The molecule has 1 heterocycles. The summed E-state index contributed by atoms with van der Waals surface area (Å²) in [5, 5.41) is 9.34. The lowest BCUT2D eigenvalue weighted by atomic mass is 9.94. The van der Waals surface area contributed by atoms with E-state index >= 15 is 0 Å². The summed E-state index contributed by atoms with van der Waals surface area (Å²) in [6.07, 6.45) is 13.3. The van der Waals surface area contributed by atoms with Gasteiger partial charge < -0.3 is 5.11 Å². The minimum atomic E-state index is -0.775. The predicted molar refractivity (Wildman–Crippen MR) is 131 cm³/mol. The molecule has 0 amide bonds. The van der Waals surface area contributed by atoms with E-state index < -0.39 is 11.9 Å². The van der Waals surface area contributed by atoms with Crippen LogP contribution in [0.1, 0.15) is 75.8 Å². The minimum absolute atomic E-state index is 0.451. The third-order valence-corrected chi connectivity index (χ3v) is 6.02.